The second-order valence-corrected chi connectivity index (χ2v) is 7.05. The number of ether oxygens (including phenoxy) is 2. The van der Waals surface area contributed by atoms with Crippen LogP contribution in [0, 0.1) is 0 Å². The first-order valence-electron chi connectivity index (χ1n) is 9.85. The lowest BCUT2D eigenvalue weighted by Gasteiger charge is -2.27. The summed E-state index contributed by atoms with van der Waals surface area (Å²) in [5.74, 6) is -1.52. The highest BCUT2D eigenvalue weighted by atomic mass is 16.5. The SMILES string of the molecule is COCCCN1C(=O)C(O)=C(C(=O)C=Cc2ccccc2)C1c1ccc(O)c(OC)c1. The molecule has 0 aromatic heterocycles. The van der Waals surface area contributed by atoms with Gasteiger partial charge in [-0.2, -0.15) is 0 Å². The zero-order valence-electron chi connectivity index (χ0n) is 17.4. The van der Waals surface area contributed by atoms with Crippen LogP contribution in [0.1, 0.15) is 23.6 Å². The Morgan fingerprint density at radius 1 is 1.13 bits per heavy atom. The predicted octanol–water partition coefficient (Wildman–Crippen LogP) is 3.42. The lowest BCUT2D eigenvalue weighted by molar-refractivity contribution is -0.129. The molecule has 3 rings (SSSR count). The third-order valence-electron chi connectivity index (χ3n) is 5.06. The van der Waals surface area contributed by atoms with E-state index in [1.165, 1.54) is 24.2 Å². The van der Waals surface area contributed by atoms with Gasteiger partial charge in [0.2, 0.25) is 0 Å². The fourth-order valence-corrected chi connectivity index (χ4v) is 3.55. The van der Waals surface area contributed by atoms with Crippen molar-refractivity contribution in [1.29, 1.82) is 0 Å². The Balaban J connectivity index is 2.00. The van der Waals surface area contributed by atoms with Crippen LogP contribution < -0.4 is 4.74 Å². The molecule has 0 aliphatic carbocycles. The van der Waals surface area contributed by atoms with Crippen LogP contribution in [0.2, 0.25) is 0 Å². The topological polar surface area (TPSA) is 96.3 Å². The number of hydrogen-bond acceptors (Lipinski definition) is 6. The molecule has 2 aromatic carbocycles. The number of aromatic hydroxyl groups is 1. The number of carbonyl (C=O) groups excluding carboxylic acids is 2. The second-order valence-electron chi connectivity index (χ2n) is 7.05. The van der Waals surface area contributed by atoms with Crippen molar-refractivity contribution in [3.05, 3.63) is 77.1 Å². The number of carbonyl (C=O) groups is 2. The van der Waals surface area contributed by atoms with Crippen molar-refractivity contribution >= 4 is 17.8 Å². The van der Waals surface area contributed by atoms with E-state index < -0.39 is 23.5 Å². The van der Waals surface area contributed by atoms with Gasteiger partial charge in [-0.1, -0.05) is 42.5 Å². The highest BCUT2D eigenvalue weighted by Crippen LogP contribution is 2.40. The molecule has 0 fully saturated rings. The number of aliphatic hydroxyl groups excluding tert-OH is 1. The summed E-state index contributed by atoms with van der Waals surface area (Å²) in [5, 5.41) is 20.5. The zero-order chi connectivity index (χ0) is 22.4. The molecule has 0 saturated carbocycles. The average Bonchev–Trinajstić information content (AvgIpc) is 3.04. The van der Waals surface area contributed by atoms with E-state index in [0.717, 1.165) is 5.56 Å². The summed E-state index contributed by atoms with van der Waals surface area (Å²) in [5.41, 5.74) is 1.35. The third kappa shape index (κ3) is 4.78. The maximum absolute atomic E-state index is 13.1. The molecule has 162 valence electrons. The number of nitrogens with zero attached hydrogens (tertiary/aromatic N) is 1. The summed E-state index contributed by atoms with van der Waals surface area (Å²) in [6, 6.07) is 13.0. The number of phenols is 1. The first kappa shape index (κ1) is 22.1. The number of methoxy groups -OCH3 is 2. The van der Waals surface area contributed by atoms with Gasteiger partial charge in [-0.05, 0) is 35.8 Å². The monoisotopic (exact) mass is 423 g/mol. The third-order valence-corrected chi connectivity index (χ3v) is 5.06. The number of benzene rings is 2. The average molecular weight is 423 g/mol. The lowest BCUT2D eigenvalue weighted by atomic mass is 9.95. The minimum Gasteiger partial charge on any atom is -0.504 e. The molecule has 0 bridgehead atoms. The first-order chi connectivity index (χ1) is 15.0. The fraction of sp³-hybridized carbons (Fsp3) is 0.250. The van der Waals surface area contributed by atoms with E-state index in [4.69, 9.17) is 9.47 Å². The molecule has 7 heteroatoms. The first-order valence-corrected chi connectivity index (χ1v) is 9.85. The minimum absolute atomic E-state index is 0.0117. The van der Waals surface area contributed by atoms with Crippen molar-refractivity contribution in [3.8, 4) is 11.5 Å². The van der Waals surface area contributed by atoms with E-state index in [0.29, 0.717) is 18.6 Å². The molecule has 1 unspecified atom stereocenters. The summed E-state index contributed by atoms with van der Waals surface area (Å²) in [6.07, 6.45) is 3.51. The molecule has 1 aliphatic heterocycles. The summed E-state index contributed by atoms with van der Waals surface area (Å²) < 4.78 is 10.3. The smallest absolute Gasteiger partial charge is 0.290 e. The number of allylic oxidation sites excluding steroid dienone is 1. The summed E-state index contributed by atoms with van der Waals surface area (Å²) in [7, 11) is 2.98. The number of amides is 1. The van der Waals surface area contributed by atoms with Gasteiger partial charge in [0.1, 0.15) is 0 Å². The van der Waals surface area contributed by atoms with Gasteiger partial charge in [0.25, 0.3) is 5.91 Å². The summed E-state index contributed by atoms with van der Waals surface area (Å²) in [4.78, 5) is 27.3. The van der Waals surface area contributed by atoms with Crippen molar-refractivity contribution in [2.45, 2.75) is 12.5 Å². The van der Waals surface area contributed by atoms with Gasteiger partial charge >= 0.3 is 0 Å². The Morgan fingerprint density at radius 2 is 1.87 bits per heavy atom. The maximum Gasteiger partial charge on any atom is 0.290 e. The van der Waals surface area contributed by atoms with Crippen LogP contribution in [0.15, 0.2) is 65.9 Å². The Kier molecular flexibility index (Phi) is 7.10. The molecular weight excluding hydrogens is 398 g/mol. The van der Waals surface area contributed by atoms with Crippen LogP contribution in [-0.4, -0.2) is 54.2 Å². The van der Waals surface area contributed by atoms with Crippen molar-refractivity contribution in [1.82, 2.24) is 4.90 Å². The molecule has 7 nitrogen and oxygen atoms in total. The van der Waals surface area contributed by atoms with Gasteiger partial charge in [0.15, 0.2) is 23.0 Å². The van der Waals surface area contributed by atoms with Crippen molar-refractivity contribution < 1.29 is 29.3 Å². The van der Waals surface area contributed by atoms with Gasteiger partial charge < -0.3 is 24.6 Å². The minimum atomic E-state index is -0.813. The quantitative estimate of drug-likeness (QED) is 0.474. The Labute approximate surface area is 180 Å². The van der Waals surface area contributed by atoms with E-state index in [2.05, 4.69) is 0 Å². The highest BCUT2D eigenvalue weighted by Gasteiger charge is 2.42. The number of aliphatic hydroxyl groups is 1. The summed E-state index contributed by atoms with van der Waals surface area (Å²) in [6.45, 7) is 0.705. The second kappa shape index (κ2) is 9.95. The van der Waals surface area contributed by atoms with Crippen LogP contribution in [0.3, 0.4) is 0 Å². The predicted molar refractivity (Wildman–Crippen MR) is 116 cm³/mol. The fourth-order valence-electron chi connectivity index (χ4n) is 3.55. The van der Waals surface area contributed by atoms with Crippen LogP contribution in [0.4, 0.5) is 0 Å². The molecule has 1 atom stereocenters. The molecule has 2 aromatic rings. The molecule has 0 radical (unpaired) electrons. The van der Waals surface area contributed by atoms with Crippen molar-refractivity contribution in [2.75, 3.05) is 27.4 Å². The van der Waals surface area contributed by atoms with Gasteiger partial charge in [0.05, 0.1) is 18.7 Å². The maximum atomic E-state index is 13.1. The van der Waals surface area contributed by atoms with E-state index in [-0.39, 0.29) is 23.6 Å². The number of phenolic OH excluding ortho intramolecular Hbond substituents is 1. The van der Waals surface area contributed by atoms with Gasteiger partial charge in [-0.15, -0.1) is 0 Å². The van der Waals surface area contributed by atoms with E-state index in [1.54, 1.807) is 25.3 Å². The van der Waals surface area contributed by atoms with Gasteiger partial charge in [-0.25, -0.2) is 0 Å². The lowest BCUT2D eigenvalue weighted by Crippen LogP contribution is -2.32. The molecule has 1 amide bonds. The van der Waals surface area contributed by atoms with Crippen LogP contribution in [0.25, 0.3) is 6.08 Å². The van der Waals surface area contributed by atoms with Crippen molar-refractivity contribution in [3.63, 3.8) is 0 Å². The van der Waals surface area contributed by atoms with Gasteiger partial charge in [-0.3, -0.25) is 9.59 Å². The Bertz CT molecular complexity index is 1010. The standard InChI is InChI=1S/C24H25NO6/c1-30-14-6-13-25-22(17-10-12-18(26)20(15-17)31-2)21(23(28)24(25)29)19(27)11-9-16-7-4-3-5-8-16/h3-5,7-12,15,22,26,28H,6,13-14H2,1-2H3. The molecule has 31 heavy (non-hydrogen) atoms. The summed E-state index contributed by atoms with van der Waals surface area (Å²) >= 11 is 0. The van der Waals surface area contributed by atoms with Crippen LogP contribution >= 0.6 is 0 Å². The molecule has 0 saturated heterocycles. The van der Waals surface area contributed by atoms with E-state index >= 15 is 0 Å². The number of rotatable bonds is 9. The molecule has 1 aliphatic rings. The van der Waals surface area contributed by atoms with Crippen LogP contribution in [0.5, 0.6) is 11.5 Å². The highest BCUT2D eigenvalue weighted by molar-refractivity contribution is 6.14. The molecule has 2 N–H and O–H groups in total. The van der Waals surface area contributed by atoms with Crippen LogP contribution in [-0.2, 0) is 14.3 Å². The Morgan fingerprint density at radius 3 is 2.55 bits per heavy atom. The van der Waals surface area contributed by atoms with Gasteiger partial charge in [0, 0.05) is 20.3 Å². The molecule has 1 heterocycles. The largest absolute Gasteiger partial charge is 0.504 e. The van der Waals surface area contributed by atoms with E-state index in [9.17, 15) is 19.8 Å². The number of hydrogen-bond donors (Lipinski definition) is 2. The molecular formula is C24H25NO6. The normalized spacial score (nSPS) is 16.4. The zero-order valence-corrected chi connectivity index (χ0v) is 17.4. The number of ketones is 1. The Hall–Kier alpha value is -3.58. The van der Waals surface area contributed by atoms with E-state index in [1.807, 2.05) is 30.3 Å². The van der Waals surface area contributed by atoms with Crippen molar-refractivity contribution in [2.24, 2.45) is 0 Å². The molecule has 0 spiro atoms.